The Morgan fingerprint density at radius 3 is 2.48 bits per heavy atom. The Labute approximate surface area is 157 Å². The number of aliphatic hydroxyl groups is 1. The van der Waals surface area contributed by atoms with Crippen molar-refractivity contribution in [1.29, 1.82) is 0 Å². The predicted octanol–water partition coefficient (Wildman–Crippen LogP) is 6.06. The Morgan fingerprint density at radius 1 is 1.12 bits per heavy atom. The summed E-state index contributed by atoms with van der Waals surface area (Å²) >= 11 is 7.78. The van der Waals surface area contributed by atoms with E-state index in [-0.39, 0.29) is 11.3 Å². The maximum absolute atomic E-state index is 10.7. The van der Waals surface area contributed by atoms with Gasteiger partial charge in [-0.05, 0) is 58.9 Å². The first kappa shape index (κ1) is 16.8. The van der Waals surface area contributed by atoms with Gasteiger partial charge >= 0.3 is 0 Å². The molecule has 25 heavy (non-hydrogen) atoms. The van der Waals surface area contributed by atoms with Gasteiger partial charge in [0, 0.05) is 33.1 Å². The lowest BCUT2D eigenvalue weighted by Gasteiger charge is -2.41. The Morgan fingerprint density at radius 2 is 1.80 bits per heavy atom. The number of fused-ring (bicyclic) bond motifs is 1. The van der Waals surface area contributed by atoms with E-state index in [1.54, 1.807) is 11.3 Å². The number of benzene rings is 1. The van der Waals surface area contributed by atoms with Gasteiger partial charge in [0.1, 0.15) is 0 Å². The molecule has 3 aromatic rings. The number of halogens is 1. The van der Waals surface area contributed by atoms with Gasteiger partial charge in [-0.15, -0.1) is 11.3 Å². The minimum atomic E-state index is -0.408. The van der Waals surface area contributed by atoms with Crippen molar-refractivity contribution in [2.75, 3.05) is 0 Å². The third-order valence-corrected chi connectivity index (χ3v) is 6.63. The number of aromatic nitrogens is 1. The lowest BCUT2D eigenvalue weighted by molar-refractivity contribution is 0.0928. The van der Waals surface area contributed by atoms with E-state index in [9.17, 15) is 5.11 Å². The monoisotopic (exact) mass is 369 g/mol. The molecule has 1 aliphatic carbocycles. The molecule has 0 fully saturated rings. The predicted molar refractivity (Wildman–Crippen MR) is 104 cm³/mol. The zero-order valence-corrected chi connectivity index (χ0v) is 15.8. The van der Waals surface area contributed by atoms with Gasteiger partial charge in [-0.1, -0.05) is 37.6 Å². The molecule has 4 rings (SSSR count). The van der Waals surface area contributed by atoms with Crippen molar-refractivity contribution in [3.63, 3.8) is 0 Å². The van der Waals surface area contributed by atoms with Crippen molar-refractivity contribution < 1.29 is 5.11 Å². The molecule has 2 unspecified atom stereocenters. The zero-order valence-electron chi connectivity index (χ0n) is 14.2. The fraction of sp³-hybridized carbons (Fsp3) is 0.286. The van der Waals surface area contributed by atoms with Gasteiger partial charge in [0.25, 0.3) is 0 Å². The Hall–Kier alpha value is -1.68. The summed E-state index contributed by atoms with van der Waals surface area (Å²) in [6.45, 7) is 4.48. The molecule has 0 bridgehead atoms. The van der Waals surface area contributed by atoms with E-state index in [4.69, 9.17) is 11.6 Å². The highest BCUT2D eigenvalue weighted by Gasteiger charge is 2.42. The van der Waals surface area contributed by atoms with E-state index in [1.807, 2.05) is 36.7 Å². The molecule has 2 nitrogen and oxygen atoms in total. The van der Waals surface area contributed by atoms with Crippen molar-refractivity contribution in [3.05, 3.63) is 75.9 Å². The van der Waals surface area contributed by atoms with Crippen LogP contribution in [0.25, 0.3) is 10.4 Å². The van der Waals surface area contributed by atoms with Crippen LogP contribution in [0.15, 0.2) is 54.9 Å². The number of rotatable bonds is 2. The van der Waals surface area contributed by atoms with Crippen LogP contribution in [0.5, 0.6) is 0 Å². The normalized spacial score (nSPS) is 21.8. The SMILES string of the molecule is CC1(C)CC(O)c2sc(-c3ccncc3)cc2C1c1ccc(Cl)cc1. The highest BCUT2D eigenvalue weighted by atomic mass is 35.5. The number of aliphatic hydroxyl groups excluding tert-OH is 1. The second-order valence-corrected chi connectivity index (χ2v) is 8.88. The molecule has 0 aliphatic heterocycles. The number of thiophene rings is 1. The summed E-state index contributed by atoms with van der Waals surface area (Å²) in [5.41, 5.74) is 3.61. The van der Waals surface area contributed by atoms with Gasteiger partial charge in [0.2, 0.25) is 0 Å². The van der Waals surface area contributed by atoms with E-state index in [0.29, 0.717) is 0 Å². The molecule has 2 atom stereocenters. The van der Waals surface area contributed by atoms with Gasteiger partial charge < -0.3 is 5.11 Å². The first-order valence-electron chi connectivity index (χ1n) is 8.43. The smallest absolute Gasteiger partial charge is 0.0890 e. The van der Waals surface area contributed by atoms with E-state index >= 15 is 0 Å². The number of pyridine rings is 1. The summed E-state index contributed by atoms with van der Waals surface area (Å²) in [7, 11) is 0. The standard InChI is InChI=1S/C21H20ClNOS/c1-21(2)12-17(24)20-16(19(21)14-3-5-15(22)6-4-14)11-18(25-20)13-7-9-23-10-8-13/h3-11,17,19,24H,12H2,1-2H3. The molecule has 0 saturated heterocycles. The van der Waals surface area contributed by atoms with Gasteiger partial charge in [-0.2, -0.15) is 0 Å². The second-order valence-electron chi connectivity index (χ2n) is 7.36. The molecule has 128 valence electrons. The largest absolute Gasteiger partial charge is 0.388 e. The third-order valence-electron chi connectivity index (χ3n) is 5.07. The molecule has 1 N–H and O–H groups in total. The average Bonchev–Trinajstić information content (AvgIpc) is 3.02. The van der Waals surface area contributed by atoms with Gasteiger partial charge in [-0.25, -0.2) is 0 Å². The van der Waals surface area contributed by atoms with Crippen LogP contribution >= 0.6 is 22.9 Å². The highest BCUT2D eigenvalue weighted by Crippen LogP contribution is 2.55. The van der Waals surface area contributed by atoms with Crippen LogP contribution in [-0.4, -0.2) is 10.1 Å². The highest BCUT2D eigenvalue weighted by molar-refractivity contribution is 7.15. The topological polar surface area (TPSA) is 33.1 Å². The molecule has 1 aromatic carbocycles. The molecular formula is C21H20ClNOS. The zero-order chi connectivity index (χ0) is 17.6. The van der Waals surface area contributed by atoms with Gasteiger partial charge in [0.15, 0.2) is 0 Å². The Balaban J connectivity index is 1.86. The van der Waals surface area contributed by atoms with Crippen LogP contribution in [0.4, 0.5) is 0 Å². The summed E-state index contributed by atoms with van der Waals surface area (Å²) in [6, 6.07) is 14.4. The second kappa shape index (κ2) is 6.24. The number of hydrogen-bond acceptors (Lipinski definition) is 3. The third kappa shape index (κ3) is 3.01. The van der Waals surface area contributed by atoms with Crippen LogP contribution < -0.4 is 0 Å². The summed E-state index contributed by atoms with van der Waals surface area (Å²) in [4.78, 5) is 6.38. The molecule has 0 saturated carbocycles. The van der Waals surface area contributed by atoms with Crippen molar-refractivity contribution >= 4 is 22.9 Å². The summed E-state index contributed by atoms with van der Waals surface area (Å²) < 4.78 is 0. The Kier molecular flexibility index (Phi) is 4.19. The van der Waals surface area contributed by atoms with Gasteiger partial charge in [-0.3, -0.25) is 4.98 Å². The van der Waals surface area contributed by atoms with Crippen LogP contribution in [-0.2, 0) is 0 Å². The van der Waals surface area contributed by atoms with E-state index < -0.39 is 6.10 Å². The molecule has 0 radical (unpaired) electrons. The fourth-order valence-electron chi connectivity index (χ4n) is 3.98. The minimum Gasteiger partial charge on any atom is -0.388 e. The molecule has 2 aromatic heterocycles. The fourth-order valence-corrected chi connectivity index (χ4v) is 5.30. The van der Waals surface area contributed by atoms with Crippen LogP contribution in [0.2, 0.25) is 5.02 Å². The first-order chi connectivity index (χ1) is 12.0. The van der Waals surface area contributed by atoms with Crippen LogP contribution in [0.3, 0.4) is 0 Å². The van der Waals surface area contributed by atoms with Crippen molar-refractivity contribution in [2.45, 2.75) is 32.3 Å². The maximum atomic E-state index is 10.7. The Bertz CT molecular complexity index is 886. The summed E-state index contributed by atoms with van der Waals surface area (Å²) in [5.74, 6) is 0.245. The van der Waals surface area contributed by atoms with E-state index in [1.165, 1.54) is 16.0 Å². The first-order valence-corrected chi connectivity index (χ1v) is 9.63. The van der Waals surface area contributed by atoms with Crippen molar-refractivity contribution in [1.82, 2.24) is 4.98 Å². The molecular weight excluding hydrogens is 350 g/mol. The van der Waals surface area contributed by atoms with Crippen LogP contribution in [0.1, 0.15) is 48.3 Å². The van der Waals surface area contributed by atoms with Gasteiger partial charge in [0.05, 0.1) is 6.10 Å². The number of hydrogen-bond donors (Lipinski definition) is 1. The molecule has 2 heterocycles. The van der Waals surface area contributed by atoms with E-state index in [0.717, 1.165) is 21.9 Å². The molecule has 1 aliphatic rings. The summed E-state index contributed by atoms with van der Waals surface area (Å²) in [5, 5.41) is 11.5. The van der Waals surface area contributed by atoms with Crippen LogP contribution in [0, 0.1) is 5.41 Å². The molecule has 4 heteroatoms. The molecule has 0 spiro atoms. The number of nitrogens with zero attached hydrogens (tertiary/aromatic N) is 1. The lowest BCUT2D eigenvalue weighted by Crippen LogP contribution is -2.30. The van der Waals surface area contributed by atoms with Crippen molar-refractivity contribution in [3.8, 4) is 10.4 Å². The minimum absolute atomic E-state index is 0.0309. The lowest BCUT2D eigenvalue weighted by atomic mass is 9.64. The quantitative estimate of drug-likeness (QED) is 0.595. The molecule has 0 amide bonds. The van der Waals surface area contributed by atoms with E-state index in [2.05, 4.69) is 37.0 Å². The summed E-state index contributed by atoms with van der Waals surface area (Å²) in [6.07, 6.45) is 3.97. The van der Waals surface area contributed by atoms with Crippen molar-refractivity contribution in [2.24, 2.45) is 5.41 Å². The maximum Gasteiger partial charge on any atom is 0.0890 e. The average molecular weight is 370 g/mol.